The number of aryl methyl sites for hydroxylation is 2. The normalized spacial score (nSPS) is 11.5. The monoisotopic (exact) mass is 413 g/mol. The SMILES string of the molecule is CCCc1nc2scc(-c3ccc(OC)c(C)c3)c2c(=O)n1CCN(CC)CC. The molecule has 6 heteroatoms. The maximum Gasteiger partial charge on any atom is 0.262 e. The summed E-state index contributed by atoms with van der Waals surface area (Å²) in [6, 6.07) is 6.07. The van der Waals surface area contributed by atoms with Gasteiger partial charge in [0.25, 0.3) is 5.56 Å². The van der Waals surface area contributed by atoms with Crippen molar-refractivity contribution in [3.8, 4) is 16.9 Å². The third kappa shape index (κ3) is 4.38. The lowest BCUT2D eigenvalue weighted by Gasteiger charge is -2.20. The van der Waals surface area contributed by atoms with Crippen molar-refractivity contribution in [3.63, 3.8) is 0 Å². The number of methoxy groups -OCH3 is 1. The van der Waals surface area contributed by atoms with E-state index in [2.05, 4.69) is 37.1 Å². The molecule has 3 rings (SSSR count). The van der Waals surface area contributed by atoms with Crippen LogP contribution < -0.4 is 10.3 Å². The summed E-state index contributed by atoms with van der Waals surface area (Å²) in [5.41, 5.74) is 3.14. The van der Waals surface area contributed by atoms with Gasteiger partial charge in [-0.2, -0.15) is 0 Å². The topological polar surface area (TPSA) is 47.4 Å². The van der Waals surface area contributed by atoms with Crippen LogP contribution in [0, 0.1) is 6.92 Å². The molecule has 3 aromatic rings. The van der Waals surface area contributed by atoms with Gasteiger partial charge in [0.1, 0.15) is 16.4 Å². The zero-order valence-electron chi connectivity index (χ0n) is 18.1. The first kappa shape index (κ1) is 21.5. The number of thiophene rings is 1. The van der Waals surface area contributed by atoms with Gasteiger partial charge < -0.3 is 9.64 Å². The van der Waals surface area contributed by atoms with Gasteiger partial charge in [-0.05, 0) is 49.7 Å². The maximum atomic E-state index is 13.6. The van der Waals surface area contributed by atoms with Crippen molar-refractivity contribution < 1.29 is 4.74 Å². The van der Waals surface area contributed by atoms with E-state index < -0.39 is 0 Å². The summed E-state index contributed by atoms with van der Waals surface area (Å²) in [5.74, 6) is 1.75. The number of aromatic nitrogens is 2. The van der Waals surface area contributed by atoms with Crippen molar-refractivity contribution in [1.29, 1.82) is 0 Å². The Morgan fingerprint density at radius 2 is 1.97 bits per heavy atom. The van der Waals surface area contributed by atoms with Crippen LogP contribution in [0.15, 0.2) is 28.4 Å². The fraction of sp³-hybridized carbons (Fsp3) is 0.478. The van der Waals surface area contributed by atoms with E-state index in [4.69, 9.17) is 9.72 Å². The molecule has 5 nitrogen and oxygen atoms in total. The molecule has 0 aliphatic heterocycles. The smallest absolute Gasteiger partial charge is 0.262 e. The number of nitrogens with zero attached hydrogens (tertiary/aromatic N) is 3. The first-order valence-electron chi connectivity index (χ1n) is 10.4. The Bertz CT molecular complexity index is 1030. The average Bonchev–Trinajstić information content (AvgIpc) is 3.15. The molecule has 0 saturated carbocycles. The van der Waals surface area contributed by atoms with Crippen LogP contribution >= 0.6 is 11.3 Å². The van der Waals surface area contributed by atoms with Crippen LogP contribution in [0.4, 0.5) is 0 Å². The van der Waals surface area contributed by atoms with E-state index in [0.29, 0.717) is 6.54 Å². The Hall–Kier alpha value is -2.18. The van der Waals surface area contributed by atoms with Gasteiger partial charge in [0.15, 0.2) is 0 Å². The summed E-state index contributed by atoms with van der Waals surface area (Å²) in [6.45, 7) is 12.0. The molecule has 0 N–H and O–H groups in total. The lowest BCUT2D eigenvalue weighted by molar-refractivity contribution is 0.287. The molecule has 0 amide bonds. The van der Waals surface area contributed by atoms with Crippen molar-refractivity contribution in [2.24, 2.45) is 0 Å². The van der Waals surface area contributed by atoms with E-state index in [1.807, 2.05) is 23.6 Å². The van der Waals surface area contributed by atoms with Crippen molar-refractivity contribution in [2.45, 2.75) is 47.1 Å². The molecule has 0 saturated heterocycles. The van der Waals surface area contributed by atoms with Crippen molar-refractivity contribution in [1.82, 2.24) is 14.5 Å². The zero-order chi connectivity index (χ0) is 21.0. The highest BCUT2D eigenvalue weighted by Crippen LogP contribution is 2.33. The predicted octanol–water partition coefficient (Wildman–Crippen LogP) is 4.74. The van der Waals surface area contributed by atoms with Crippen molar-refractivity contribution >= 4 is 21.6 Å². The number of benzene rings is 1. The summed E-state index contributed by atoms with van der Waals surface area (Å²) in [5, 5.41) is 2.80. The third-order valence-electron chi connectivity index (χ3n) is 5.49. The first-order chi connectivity index (χ1) is 14.0. The molecule has 0 aliphatic carbocycles. The second-order valence-electron chi connectivity index (χ2n) is 7.28. The molecule has 0 bridgehead atoms. The average molecular weight is 414 g/mol. The molecule has 1 aromatic carbocycles. The van der Waals surface area contributed by atoms with Crippen LogP contribution in [0.3, 0.4) is 0 Å². The quantitative estimate of drug-likeness (QED) is 0.508. The van der Waals surface area contributed by atoms with Gasteiger partial charge in [0.2, 0.25) is 0 Å². The largest absolute Gasteiger partial charge is 0.496 e. The van der Waals surface area contributed by atoms with Crippen molar-refractivity contribution in [3.05, 3.63) is 45.3 Å². The van der Waals surface area contributed by atoms with Crippen LogP contribution in [0.1, 0.15) is 38.6 Å². The van der Waals surface area contributed by atoms with Crippen LogP contribution in [0.5, 0.6) is 5.75 Å². The third-order valence-corrected chi connectivity index (χ3v) is 6.36. The molecule has 2 aromatic heterocycles. The lowest BCUT2D eigenvalue weighted by atomic mass is 10.0. The van der Waals surface area contributed by atoms with Gasteiger partial charge in [0.05, 0.1) is 12.5 Å². The Labute approximate surface area is 177 Å². The lowest BCUT2D eigenvalue weighted by Crippen LogP contribution is -2.33. The number of likely N-dealkylation sites (N-methyl/N-ethyl adjacent to an activating group) is 1. The van der Waals surface area contributed by atoms with Crippen molar-refractivity contribution in [2.75, 3.05) is 26.7 Å². The highest BCUT2D eigenvalue weighted by atomic mass is 32.1. The van der Waals surface area contributed by atoms with Gasteiger partial charge in [0, 0.05) is 30.5 Å². The Kier molecular flexibility index (Phi) is 7.09. The molecule has 0 atom stereocenters. The minimum Gasteiger partial charge on any atom is -0.496 e. The summed E-state index contributed by atoms with van der Waals surface area (Å²) < 4.78 is 7.29. The van der Waals surface area contributed by atoms with Crippen LogP contribution in [-0.4, -0.2) is 41.2 Å². The predicted molar refractivity (Wildman–Crippen MR) is 122 cm³/mol. The summed E-state index contributed by atoms with van der Waals surface area (Å²) in [7, 11) is 1.68. The fourth-order valence-corrected chi connectivity index (χ4v) is 4.71. The van der Waals surface area contributed by atoms with E-state index in [9.17, 15) is 4.79 Å². The Morgan fingerprint density at radius 3 is 2.59 bits per heavy atom. The van der Waals surface area contributed by atoms with Crippen LogP contribution in [-0.2, 0) is 13.0 Å². The second kappa shape index (κ2) is 9.55. The molecule has 0 spiro atoms. The van der Waals surface area contributed by atoms with E-state index >= 15 is 0 Å². The number of rotatable bonds is 9. The molecule has 0 unspecified atom stereocenters. The minimum atomic E-state index is 0.0790. The minimum absolute atomic E-state index is 0.0790. The van der Waals surface area contributed by atoms with Gasteiger partial charge >= 0.3 is 0 Å². The van der Waals surface area contributed by atoms with E-state index in [-0.39, 0.29) is 5.56 Å². The maximum absolute atomic E-state index is 13.6. The first-order valence-corrected chi connectivity index (χ1v) is 11.3. The molecular formula is C23H31N3O2S. The standard InChI is InChI=1S/C23H31N3O2S/c1-6-9-20-24-22-21(23(27)26(20)13-12-25(7-2)8-3)18(15-29-22)17-10-11-19(28-5)16(4)14-17/h10-11,14-15H,6-9,12-13H2,1-5H3. The molecule has 29 heavy (non-hydrogen) atoms. The van der Waals surface area contributed by atoms with Gasteiger partial charge in [-0.1, -0.05) is 26.8 Å². The van der Waals surface area contributed by atoms with Crippen LogP contribution in [0.25, 0.3) is 21.3 Å². The summed E-state index contributed by atoms with van der Waals surface area (Å²) in [4.78, 5) is 21.6. The number of hydrogen-bond donors (Lipinski definition) is 0. The number of ether oxygens (including phenoxy) is 1. The van der Waals surface area contributed by atoms with Gasteiger partial charge in [-0.3, -0.25) is 9.36 Å². The van der Waals surface area contributed by atoms with Gasteiger partial charge in [-0.15, -0.1) is 11.3 Å². The van der Waals surface area contributed by atoms with E-state index in [1.54, 1.807) is 18.4 Å². The Morgan fingerprint density at radius 1 is 1.21 bits per heavy atom. The molecule has 0 radical (unpaired) electrons. The summed E-state index contributed by atoms with van der Waals surface area (Å²) >= 11 is 1.55. The van der Waals surface area contributed by atoms with E-state index in [1.165, 1.54) is 0 Å². The molecule has 2 heterocycles. The second-order valence-corrected chi connectivity index (χ2v) is 8.13. The fourth-order valence-electron chi connectivity index (χ4n) is 3.75. The van der Waals surface area contributed by atoms with E-state index in [0.717, 1.165) is 71.0 Å². The highest BCUT2D eigenvalue weighted by Gasteiger charge is 2.17. The number of fused-ring (bicyclic) bond motifs is 1. The zero-order valence-corrected chi connectivity index (χ0v) is 18.9. The molecular weight excluding hydrogens is 382 g/mol. The van der Waals surface area contributed by atoms with Gasteiger partial charge in [-0.25, -0.2) is 4.98 Å². The Balaban J connectivity index is 2.11. The summed E-state index contributed by atoms with van der Waals surface area (Å²) in [6.07, 6.45) is 1.79. The number of hydrogen-bond acceptors (Lipinski definition) is 5. The van der Waals surface area contributed by atoms with Crippen LogP contribution in [0.2, 0.25) is 0 Å². The molecule has 156 valence electrons. The molecule has 0 fully saturated rings. The molecule has 0 aliphatic rings. The highest BCUT2D eigenvalue weighted by molar-refractivity contribution is 7.17.